The first-order valence-electron chi connectivity index (χ1n) is 8.95. The van der Waals surface area contributed by atoms with Crippen LogP contribution in [-0.4, -0.2) is 41.7 Å². The van der Waals surface area contributed by atoms with Gasteiger partial charge in [0, 0.05) is 25.1 Å². The number of thioether (sulfide) groups is 1. The van der Waals surface area contributed by atoms with Crippen LogP contribution in [0.25, 0.3) is 0 Å². The second kappa shape index (κ2) is 9.27. The van der Waals surface area contributed by atoms with Crippen molar-refractivity contribution in [2.24, 2.45) is 0 Å². The normalized spacial score (nSPS) is 15.9. The van der Waals surface area contributed by atoms with E-state index in [1.165, 1.54) is 17.7 Å². The van der Waals surface area contributed by atoms with Crippen LogP contribution in [-0.2, 0) is 13.0 Å². The van der Waals surface area contributed by atoms with Crippen LogP contribution in [0.4, 0.5) is 0 Å². The molecule has 1 N–H and O–H groups in total. The van der Waals surface area contributed by atoms with Crippen molar-refractivity contribution in [3.63, 3.8) is 0 Å². The Kier molecular flexibility index (Phi) is 6.79. The minimum atomic E-state index is -0.485. The molecule has 134 valence electrons. The van der Waals surface area contributed by atoms with Gasteiger partial charge in [0.1, 0.15) is 12.4 Å². The average Bonchev–Trinajstić information content (AvgIpc) is 2.84. The van der Waals surface area contributed by atoms with Gasteiger partial charge in [-0.15, -0.1) is 0 Å². The van der Waals surface area contributed by atoms with Gasteiger partial charge in [0.2, 0.25) is 0 Å². The van der Waals surface area contributed by atoms with Crippen molar-refractivity contribution in [3.05, 3.63) is 65.2 Å². The first-order valence-corrected chi connectivity index (χ1v) is 10.3. The molecule has 0 bridgehead atoms. The molecule has 0 aliphatic carbocycles. The Bertz CT molecular complexity index is 662. The van der Waals surface area contributed by atoms with Gasteiger partial charge < -0.3 is 9.84 Å². The smallest absolute Gasteiger partial charge is 0.123 e. The van der Waals surface area contributed by atoms with Gasteiger partial charge in [0.05, 0.1) is 6.10 Å². The van der Waals surface area contributed by atoms with E-state index in [4.69, 9.17) is 4.74 Å². The van der Waals surface area contributed by atoms with Gasteiger partial charge in [-0.2, -0.15) is 11.8 Å². The maximum atomic E-state index is 10.6. The summed E-state index contributed by atoms with van der Waals surface area (Å²) in [4.78, 5) is 2.45. The highest BCUT2D eigenvalue weighted by molar-refractivity contribution is 7.98. The lowest BCUT2D eigenvalue weighted by molar-refractivity contribution is 0.178. The molecule has 0 amide bonds. The lowest BCUT2D eigenvalue weighted by Crippen LogP contribution is -2.27. The number of benzene rings is 2. The van der Waals surface area contributed by atoms with Crippen molar-refractivity contribution in [3.8, 4) is 5.75 Å². The van der Waals surface area contributed by atoms with Crippen LogP contribution in [0, 0.1) is 0 Å². The molecule has 25 heavy (non-hydrogen) atoms. The summed E-state index contributed by atoms with van der Waals surface area (Å²) in [5, 5.41) is 10.6. The van der Waals surface area contributed by atoms with Crippen molar-refractivity contribution < 1.29 is 9.84 Å². The molecule has 1 heterocycles. The summed E-state index contributed by atoms with van der Waals surface area (Å²) in [5.74, 6) is 2.16. The van der Waals surface area contributed by atoms with Crippen molar-refractivity contribution in [2.45, 2.75) is 25.5 Å². The third-order valence-corrected chi connectivity index (χ3v) is 5.32. The largest absolute Gasteiger partial charge is 0.492 e. The molecule has 0 aromatic heterocycles. The predicted molar refractivity (Wildman–Crippen MR) is 105 cm³/mol. The molecule has 2 aromatic rings. The molecule has 4 heteroatoms. The molecule has 1 unspecified atom stereocenters. The summed E-state index contributed by atoms with van der Waals surface area (Å²) < 4.78 is 5.91. The molecule has 0 spiro atoms. The Morgan fingerprint density at radius 3 is 2.84 bits per heavy atom. The summed E-state index contributed by atoms with van der Waals surface area (Å²) in [7, 11) is 0. The lowest BCUT2D eigenvalue weighted by atomic mass is 9.99. The fraction of sp³-hybridized carbons (Fsp3) is 0.429. The molecule has 3 rings (SSSR count). The average molecular weight is 358 g/mol. The first kappa shape index (κ1) is 18.3. The van der Waals surface area contributed by atoms with Gasteiger partial charge in [0.15, 0.2) is 0 Å². The van der Waals surface area contributed by atoms with Gasteiger partial charge in [-0.1, -0.05) is 36.4 Å². The van der Waals surface area contributed by atoms with Crippen LogP contribution in [0.3, 0.4) is 0 Å². The van der Waals surface area contributed by atoms with E-state index in [0.29, 0.717) is 6.42 Å². The van der Waals surface area contributed by atoms with Gasteiger partial charge in [-0.05, 0) is 48.2 Å². The van der Waals surface area contributed by atoms with Crippen molar-refractivity contribution in [1.29, 1.82) is 0 Å². The third kappa shape index (κ3) is 5.24. The molecule has 1 atom stereocenters. The van der Waals surface area contributed by atoms with E-state index in [1.54, 1.807) is 0 Å². The SMILES string of the molecule is CSCCCN1CCOc2ccc(C(O)Cc3ccccc3)cc2C1. The number of nitrogens with zero attached hydrogens (tertiary/aromatic N) is 1. The summed E-state index contributed by atoms with van der Waals surface area (Å²) in [6, 6.07) is 16.3. The molecule has 0 saturated carbocycles. The molecule has 0 saturated heterocycles. The highest BCUT2D eigenvalue weighted by Crippen LogP contribution is 2.28. The van der Waals surface area contributed by atoms with Gasteiger partial charge >= 0.3 is 0 Å². The van der Waals surface area contributed by atoms with E-state index >= 15 is 0 Å². The van der Waals surface area contributed by atoms with Crippen LogP contribution in [0.2, 0.25) is 0 Å². The number of hydrogen-bond acceptors (Lipinski definition) is 4. The Labute approximate surface area is 155 Å². The molecule has 3 nitrogen and oxygen atoms in total. The Balaban J connectivity index is 1.69. The molecule has 1 aliphatic heterocycles. The van der Waals surface area contributed by atoms with Crippen LogP contribution in [0.15, 0.2) is 48.5 Å². The van der Waals surface area contributed by atoms with E-state index in [2.05, 4.69) is 29.4 Å². The predicted octanol–water partition coefficient (Wildman–Crippen LogP) is 3.91. The number of aliphatic hydroxyl groups excluding tert-OH is 1. The van der Waals surface area contributed by atoms with Crippen LogP contribution >= 0.6 is 11.8 Å². The summed E-state index contributed by atoms with van der Waals surface area (Å²) >= 11 is 1.90. The van der Waals surface area contributed by atoms with E-state index in [-0.39, 0.29) is 0 Å². The third-order valence-electron chi connectivity index (χ3n) is 4.62. The van der Waals surface area contributed by atoms with E-state index in [0.717, 1.165) is 43.1 Å². The minimum absolute atomic E-state index is 0.485. The highest BCUT2D eigenvalue weighted by atomic mass is 32.2. The van der Waals surface area contributed by atoms with E-state index < -0.39 is 6.10 Å². The van der Waals surface area contributed by atoms with E-state index in [9.17, 15) is 5.11 Å². The number of hydrogen-bond donors (Lipinski definition) is 1. The van der Waals surface area contributed by atoms with Gasteiger partial charge in [-0.25, -0.2) is 0 Å². The topological polar surface area (TPSA) is 32.7 Å². The van der Waals surface area contributed by atoms with Crippen LogP contribution in [0.5, 0.6) is 5.75 Å². The lowest BCUT2D eigenvalue weighted by Gasteiger charge is -2.19. The number of ether oxygens (including phenoxy) is 1. The zero-order chi connectivity index (χ0) is 17.5. The second-order valence-corrected chi connectivity index (χ2v) is 7.53. The standard InChI is InChI=1S/C21H27NO2S/c1-25-13-5-10-22-11-12-24-21-9-8-18(15-19(21)16-22)20(23)14-17-6-3-2-4-7-17/h2-4,6-9,15,20,23H,5,10-14,16H2,1H3. The zero-order valence-corrected chi connectivity index (χ0v) is 15.7. The van der Waals surface area contributed by atoms with Gasteiger partial charge in [-0.3, -0.25) is 4.90 Å². The van der Waals surface area contributed by atoms with Crippen LogP contribution < -0.4 is 4.74 Å². The number of rotatable bonds is 7. The molecular formula is C21H27NO2S. The van der Waals surface area contributed by atoms with E-state index in [1.807, 2.05) is 42.1 Å². The van der Waals surface area contributed by atoms with Crippen molar-refractivity contribution in [1.82, 2.24) is 4.90 Å². The summed E-state index contributed by atoms with van der Waals surface area (Å²) in [6.45, 7) is 3.69. The molecule has 2 aromatic carbocycles. The summed E-state index contributed by atoms with van der Waals surface area (Å²) in [5.41, 5.74) is 3.31. The van der Waals surface area contributed by atoms with Crippen molar-refractivity contribution >= 4 is 11.8 Å². The number of aliphatic hydroxyl groups is 1. The van der Waals surface area contributed by atoms with Crippen LogP contribution in [0.1, 0.15) is 29.2 Å². The number of fused-ring (bicyclic) bond motifs is 1. The molecule has 0 fully saturated rings. The Morgan fingerprint density at radius 2 is 2.04 bits per heavy atom. The second-order valence-electron chi connectivity index (χ2n) is 6.54. The maximum absolute atomic E-state index is 10.6. The van der Waals surface area contributed by atoms with Gasteiger partial charge in [0.25, 0.3) is 0 Å². The highest BCUT2D eigenvalue weighted by Gasteiger charge is 2.17. The Morgan fingerprint density at radius 1 is 1.20 bits per heavy atom. The maximum Gasteiger partial charge on any atom is 0.123 e. The van der Waals surface area contributed by atoms with Crippen molar-refractivity contribution in [2.75, 3.05) is 31.7 Å². The molecule has 1 aliphatic rings. The summed E-state index contributed by atoms with van der Waals surface area (Å²) in [6.07, 6.45) is 3.51. The molecule has 0 radical (unpaired) electrons. The zero-order valence-electron chi connectivity index (χ0n) is 14.9. The Hall–Kier alpha value is -1.49. The fourth-order valence-corrected chi connectivity index (χ4v) is 3.67. The monoisotopic (exact) mass is 357 g/mol. The molecular weight excluding hydrogens is 330 g/mol. The quantitative estimate of drug-likeness (QED) is 0.762. The fourth-order valence-electron chi connectivity index (χ4n) is 3.25. The first-order chi connectivity index (χ1) is 12.3. The minimum Gasteiger partial charge on any atom is -0.492 e.